The molecule has 1 saturated heterocycles. The number of rotatable bonds is 3. The first-order valence-electron chi connectivity index (χ1n) is 4.49. The number of thiophene rings is 1. The molecule has 2 rings (SSSR count). The van der Waals surface area contributed by atoms with Gasteiger partial charge >= 0.3 is 0 Å². The van der Waals surface area contributed by atoms with E-state index in [1.54, 1.807) is 11.3 Å². The summed E-state index contributed by atoms with van der Waals surface area (Å²) in [6, 6.07) is 4.62. The van der Waals surface area contributed by atoms with Crippen molar-refractivity contribution in [3.05, 3.63) is 22.4 Å². The molecule has 1 aromatic heterocycles. The molecule has 2 nitrogen and oxygen atoms in total. The Kier molecular flexibility index (Phi) is 3.27. The zero-order valence-electron chi connectivity index (χ0n) is 7.40. The number of nitrogens with two attached hydrogens (primary N) is 1. The van der Waals surface area contributed by atoms with Crippen LogP contribution in [0.2, 0.25) is 0 Å². The van der Waals surface area contributed by atoms with Crippen LogP contribution in [-0.2, 0) is 0 Å². The van der Waals surface area contributed by atoms with Gasteiger partial charge in [-0.25, -0.2) is 0 Å². The van der Waals surface area contributed by atoms with Crippen LogP contribution >= 0.6 is 23.1 Å². The Morgan fingerprint density at radius 3 is 3.08 bits per heavy atom. The van der Waals surface area contributed by atoms with Crippen LogP contribution < -0.4 is 11.3 Å². The lowest BCUT2D eigenvalue weighted by molar-refractivity contribution is 0.406. The van der Waals surface area contributed by atoms with Crippen molar-refractivity contribution in [3.8, 4) is 0 Å². The maximum absolute atomic E-state index is 5.59. The van der Waals surface area contributed by atoms with Gasteiger partial charge in [0.1, 0.15) is 0 Å². The molecule has 2 atom stereocenters. The van der Waals surface area contributed by atoms with Crippen molar-refractivity contribution >= 4 is 23.1 Å². The standard InChI is InChI=1S/C9H14N2S2/c10-11-9(7-3-5-12-6-7)8-2-1-4-13-8/h1-2,4,7,9,11H,3,5-6,10H2. The van der Waals surface area contributed by atoms with Crippen molar-refractivity contribution in [3.63, 3.8) is 0 Å². The molecule has 0 saturated carbocycles. The van der Waals surface area contributed by atoms with Crippen molar-refractivity contribution in [1.82, 2.24) is 5.43 Å². The molecule has 2 unspecified atom stereocenters. The highest BCUT2D eigenvalue weighted by molar-refractivity contribution is 7.99. The van der Waals surface area contributed by atoms with Crippen molar-refractivity contribution < 1.29 is 0 Å². The molecule has 0 amide bonds. The van der Waals surface area contributed by atoms with Gasteiger partial charge in [-0.2, -0.15) is 11.8 Å². The molecule has 1 aliphatic rings. The summed E-state index contributed by atoms with van der Waals surface area (Å²) in [5.41, 5.74) is 2.94. The maximum Gasteiger partial charge on any atom is 0.0589 e. The van der Waals surface area contributed by atoms with E-state index in [1.165, 1.54) is 22.8 Å². The van der Waals surface area contributed by atoms with Gasteiger partial charge in [0.2, 0.25) is 0 Å². The smallest absolute Gasteiger partial charge is 0.0589 e. The molecule has 72 valence electrons. The highest BCUT2D eigenvalue weighted by Crippen LogP contribution is 2.35. The third-order valence-corrected chi connectivity index (χ3v) is 4.61. The topological polar surface area (TPSA) is 38.0 Å². The minimum absolute atomic E-state index is 0.370. The van der Waals surface area contributed by atoms with E-state index >= 15 is 0 Å². The summed E-state index contributed by atoms with van der Waals surface area (Å²) in [6.07, 6.45) is 1.29. The van der Waals surface area contributed by atoms with Gasteiger partial charge in [0.15, 0.2) is 0 Å². The van der Waals surface area contributed by atoms with Crippen LogP contribution in [0.1, 0.15) is 17.3 Å². The minimum Gasteiger partial charge on any atom is -0.271 e. The average molecular weight is 214 g/mol. The van der Waals surface area contributed by atoms with Crippen LogP contribution in [0.3, 0.4) is 0 Å². The molecule has 0 bridgehead atoms. The summed E-state index contributed by atoms with van der Waals surface area (Å²) in [6.45, 7) is 0. The Morgan fingerprint density at radius 2 is 2.54 bits per heavy atom. The summed E-state index contributed by atoms with van der Waals surface area (Å²) < 4.78 is 0. The Bertz CT molecular complexity index is 242. The molecule has 1 fully saturated rings. The summed E-state index contributed by atoms with van der Waals surface area (Å²) in [4.78, 5) is 1.37. The van der Waals surface area contributed by atoms with Gasteiger partial charge in [0.25, 0.3) is 0 Å². The zero-order valence-corrected chi connectivity index (χ0v) is 9.03. The molecule has 1 aliphatic heterocycles. The van der Waals surface area contributed by atoms with Crippen molar-refractivity contribution in [2.45, 2.75) is 12.5 Å². The summed E-state index contributed by atoms with van der Waals surface area (Å²) in [7, 11) is 0. The lowest BCUT2D eigenvalue weighted by Crippen LogP contribution is -2.33. The van der Waals surface area contributed by atoms with E-state index < -0.39 is 0 Å². The van der Waals surface area contributed by atoms with E-state index in [0.717, 1.165) is 0 Å². The van der Waals surface area contributed by atoms with Crippen molar-refractivity contribution in [1.29, 1.82) is 0 Å². The van der Waals surface area contributed by atoms with E-state index in [2.05, 4.69) is 22.9 Å². The highest BCUT2D eigenvalue weighted by Gasteiger charge is 2.26. The number of hydrazine groups is 1. The first-order chi connectivity index (χ1) is 6.42. The molecule has 0 aromatic carbocycles. The number of hydrogen-bond donors (Lipinski definition) is 2. The Hall–Kier alpha value is -0.0300. The first kappa shape index (κ1) is 9.52. The van der Waals surface area contributed by atoms with Gasteiger partial charge in [-0.05, 0) is 35.3 Å². The lowest BCUT2D eigenvalue weighted by atomic mass is 9.98. The molecule has 3 N–H and O–H groups in total. The molecule has 0 radical (unpaired) electrons. The first-order valence-corrected chi connectivity index (χ1v) is 6.52. The van der Waals surface area contributed by atoms with Gasteiger partial charge < -0.3 is 0 Å². The van der Waals surface area contributed by atoms with Crippen molar-refractivity contribution in [2.75, 3.05) is 11.5 Å². The molecule has 0 aliphatic carbocycles. The second kappa shape index (κ2) is 4.46. The van der Waals surface area contributed by atoms with Crippen LogP contribution in [0.5, 0.6) is 0 Å². The Labute approximate surface area is 86.9 Å². The minimum atomic E-state index is 0.370. The third-order valence-electron chi connectivity index (χ3n) is 2.47. The fourth-order valence-corrected chi connectivity index (χ4v) is 3.91. The fraction of sp³-hybridized carbons (Fsp3) is 0.556. The maximum atomic E-state index is 5.59. The number of hydrogen-bond acceptors (Lipinski definition) is 4. The molecule has 4 heteroatoms. The van der Waals surface area contributed by atoms with Gasteiger partial charge in [-0.3, -0.25) is 11.3 Å². The molecule has 0 spiro atoms. The molecular formula is C9H14N2S2. The second-order valence-electron chi connectivity index (χ2n) is 3.28. The Balaban J connectivity index is 2.08. The van der Waals surface area contributed by atoms with Gasteiger partial charge in [-0.15, -0.1) is 11.3 Å². The monoisotopic (exact) mass is 214 g/mol. The average Bonchev–Trinajstić information content (AvgIpc) is 2.76. The predicted octanol–water partition coefficient (Wildman–Crippen LogP) is 2.01. The fourth-order valence-electron chi connectivity index (χ4n) is 1.73. The van der Waals surface area contributed by atoms with Gasteiger partial charge in [-0.1, -0.05) is 6.07 Å². The Morgan fingerprint density at radius 1 is 1.62 bits per heavy atom. The number of thioether (sulfide) groups is 1. The summed E-state index contributed by atoms with van der Waals surface area (Å²) in [5, 5.41) is 2.11. The van der Waals surface area contributed by atoms with E-state index in [1.807, 2.05) is 11.8 Å². The van der Waals surface area contributed by atoms with E-state index in [4.69, 9.17) is 5.84 Å². The summed E-state index contributed by atoms with van der Waals surface area (Å²) in [5.74, 6) is 8.84. The lowest BCUT2D eigenvalue weighted by Gasteiger charge is -2.20. The van der Waals surface area contributed by atoms with Crippen LogP contribution in [-0.4, -0.2) is 11.5 Å². The van der Waals surface area contributed by atoms with Crippen LogP contribution in [0.4, 0.5) is 0 Å². The second-order valence-corrected chi connectivity index (χ2v) is 5.41. The van der Waals surface area contributed by atoms with E-state index in [0.29, 0.717) is 12.0 Å². The van der Waals surface area contributed by atoms with E-state index in [-0.39, 0.29) is 0 Å². The van der Waals surface area contributed by atoms with Crippen molar-refractivity contribution in [2.24, 2.45) is 11.8 Å². The van der Waals surface area contributed by atoms with Crippen LogP contribution in [0, 0.1) is 5.92 Å². The van der Waals surface area contributed by atoms with Gasteiger partial charge in [0.05, 0.1) is 6.04 Å². The molecule has 2 heterocycles. The normalized spacial score (nSPS) is 24.8. The quantitative estimate of drug-likeness (QED) is 0.597. The largest absolute Gasteiger partial charge is 0.271 e. The third kappa shape index (κ3) is 2.07. The van der Waals surface area contributed by atoms with E-state index in [9.17, 15) is 0 Å². The zero-order chi connectivity index (χ0) is 9.10. The molecule has 1 aromatic rings. The SMILES string of the molecule is NNC(c1cccs1)C1CCSC1. The molecular weight excluding hydrogens is 200 g/mol. The summed E-state index contributed by atoms with van der Waals surface area (Å²) >= 11 is 3.82. The van der Waals surface area contributed by atoms with Crippen LogP contribution in [0.25, 0.3) is 0 Å². The predicted molar refractivity (Wildman–Crippen MR) is 59.8 cm³/mol. The molecule has 13 heavy (non-hydrogen) atoms. The number of nitrogens with one attached hydrogen (secondary N) is 1. The van der Waals surface area contributed by atoms with Crippen LogP contribution in [0.15, 0.2) is 17.5 Å². The highest BCUT2D eigenvalue weighted by atomic mass is 32.2. The van der Waals surface area contributed by atoms with Gasteiger partial charge in [0, 0.05) is 4.88 Å².